The molecule has 0 aliphatic heterocycles. The van der Waals surface area contributed by atoms with Crippen LogP contribution in [-0.2, 0) is 0 Å². The van der Waals surface area contributed by atoms with Gasteiger partial charge in [-0.3, -0.25) is 4.79 Å². The van der Waals surface area contributed by atoms with Gasteiger partial charge in [0.15, 0.2) is 29.6 Å². The number of nitrogens with one attached hydrogen (secondary N) is 1. The van der Waals surface area contributed by atoms with Gasteiger partial charge in [0.25, 0.3) is 0 Å². The molecule has 0 saturated carbocycles. The van der Waals surface area contributed by atoms with Crippen molar-refractivity contribution in [1.82, 2.24) is 4.98 Å². The van der Waals surface area contributed by atoms with Gasteiger partial charge in [-0.2, -0.15) is 0 Å². The second-order valence-electron chi connectivity index (χ2n) is 2.87. The Morgan fingerprint density at radius 1 is 1.00 bits per heavy atom. The van der Waals surface area contributed by atoms with Crippen LogP contribution in [0.5, 0.6) is 0 Å². The number of fused-ring (bicyclic) bond motifs is 1. The lowest BCUT2D eigenvalue weighted by molar-refractivity contribution is 0.112. The summed E-state index contributed by atoms with van der Waals surface area (Å²) in [5, 5.41) is -0.582. The first-order chi connectivity index (χ1) is 7.07. The van der Waals surface area contributed by atoms with Crippen LogP contribution in [0.3, 0.4) is 0 Å². The van der Waals surface area contributed by atoms with Gasteiger partial charge in [-0.1, -0.05) is 0 Å². The number of aromatic amines is 1. The van der Waals surface area contributed by atoms with E-state index in [0.29, 0.717) is 0 Å². The smallest absolute Gasteiger partial charge is 0.199 e. The number of aldehydes is 1. The zero-order valence-electron chi connectivity index (χ0n) is 7.07. The van der Waals surface area contributed by atoms with Crippen LogP contribution >= 0.6 is 0 Å². The third-order valence-electron chi connectivity index (χ3n) is 2.05. The van der Waals surface area contributed by atoms with Gasteiger partial charge in [0.05, 0.1) is 10.9 Å². The fourth-order valence-electron chi connectivity index (χ4n) is 1.35. The molecule has 2 rings (SSSR count). The molecule has 1 heterocycles. The summed E-state index contributed by atoms with van der Waals surface area (Å²) >= 11 is 0. The van der Waals surface area contributed by atoms with Crippen LogP contribution < -0.4 is 0 Å². The molecule has 0 radical (unpaired) electrons. The first-order valence-electron chi connectivity index (χ1n) is 3.86. The molecule has 0 unspecified atom stereocenters. The molecule has 1 N–H and O–H groups in total. The fraction of sp³-hybridized carbons (Fsp3) is 0. The molecule has 0 aliphatic carbocycles. The summed E-state index contributed by atoms with van der Waals surface area (Å²) in [6.07, 6.45) is 1.20. The second kappa shape index (κ2) is 3.08. The number of hydrogen-bond donors (Lipinski definition) is 1. The lowest BCUT2D eigenvalue weighted by atomic mass is 10.1. The molecule has 1 aromatic heterocycles. The van der Waals surface area contributed by atoms with Crippen molar-refractivity contribution < 1.29 is 22.4 Å². The summed E-state index contributed by atoms with van der Waals surface area (Å²) in [5.41, 5.74) is -0.825. The highest BCUT2D eigenvalue weighted by Crippen LogP contribution is 2.27. The van der Waals surface area contributed by atoms with Gasteiger partial charge in [0.2, 0.25) is 0 Å². The van der Waals surface area contributed by atoms with E-state index in [1.807, 2.05) is 0 Å². The van der Waals surface area contributed by atoms with E-state index in [2.05, 4.69) is 4.98 Å². The molecule has 1 aromatic carbocycles. The Morgan fingerprint density at radius 3 is 2.20 bits per heavy atom. The molecule has 0 spiro atoms. The highest BCUT2D eigenvalue weighted by atomic mass is 19.2. The van der Waals surface area contributed by atoms with Crippen molar-refractivity contribution in [2.75, 3.05) is 0 Å². The van der Waals surface area contributed by atoms with E-state index in [9.17, 15) is 22.4 Å². The van der Waals surface area contributed by atoms with Crippen molar-refractivity contribution in [3.05, 3.63) is 35.0 Å². The summed E-state index contributed by atoms with van der Waals surface area (Å²) in [5.74, 6) is -6.95. The normalized spacial score (nSPS) is 10.9. The minimum atomic E-state index is -1.93. The molecule has 0 atom stereocenters. The van der Waals surface area contributed by atoms with Gasteiger partial charge in [-0.05, 0) is 0 Å². The molecular weight excluding hydrogens is 214 g/mol. The van der Waals surface area contributed by atoms with E-state index >= 15 is 0 Å². The molecule has 78 valence electrons. The minimum Gasteiger partial charge on any atom is -0.358 e. The van der Waals surface area contributed by atoms with E-state index in [-0.39, 0.29) is 11.8 Å². The Hall–Kier alpha value is -1.85. The van der Waals surface area contributed by atoms with Crippen LogP contribution in [0.4, 0.5) is 17.6 Å². The predicted molar refractivity (Wildman–Crippen MR) is 43.5 cm³/mol. The molecule has 0 amide bonds. The summed E-state index contributed by atoms with van der Waals surface area (Å²) < 4.78 is 51.8. The Morgan fingerprint density at radius 2 is 1.60 bits per heavy atom. The number of carbonyl (C=O) groups is 1. The van der Waals surface area contributed by atoms with Crippen LogP contribution in [0.1, 0.15) is 10.4 Å². The number of rotatable bonds is 1. The molecule has 0 fully saturated rings. The van der Waals surface area contributed by atoms with Gasteiger partial charge in [-0.15, -0.1) is 0 Å². The van der Waals surface area contributed by atoms with E-state index in [0.717, 1.165) is 6.20 Å². The first-order valence-corrected chi connectivity index (χ1v) is 3.86. The Labute approximate surface area is 80.5 Å². The molecule has 2 nitrogen and oxygen atoms in total. The number of benzene rings is 1. The van der Waals surface area contributed by atoms with Gasteiger partial charge >= 0.3 is 0 Å². The number of aromatic nitrogens is 1. The quantitative estimate of drug-likeness (QED) is 0.338. The number of carbonyl (C=O) groups excluding carboxylic acids is 1. The lowest BCUT2D eigenvalue weighted by Gasteiger charge is -2.00. The summed E-state index contributed by atoms with van der Waals surface area (Å²) in [6.45, 7) is 0. The monoisotopic (exact) mass is 217 g/mol. The minimum absolute atomic E-state index is 0.221. The van der Waals surface area contributed by atoms with Crippen molar-refractivity contribution in [2.45, 2.75) is 0 Å². The van der Waals surface area contributed by atoms with Crippen LogP contribution in [-0.4, -0.2) is 11.3 Å². The van der Waals surface area contributed by atoms with Crippen molar-refractivity contribution >= 4 is 17.2 Å². The van der Waals surface area contributed by atoms with Crippen LogP contribution in [0, 0.1) is 23.3 Å². The van der Waals surface area contributed by atoms with Gasteiger partial charge in [0.1, 0.15) is 0 Å². The average Bonchev–Trinajstić information content (AvgIpc) is 2.67. The maximum Gasteiger partial charge on any atom is 0.199 e. The van der Waals surface area contributed by atoms with Crippen molar-refractivity contribution in [3.8, 4) is 0 Å². The highest BCUT2D eigenvalue weighted by molar-refractivity contribution is 5.97. The molecule has 0 aliphatic rings. The van der Waals surface area contributed by atoms with E-state index in [1.54, 1.807) is 0 Å². The highest BCUT2D eigenvalue weighted by Gasteiger charge is 2.23. The standard InChI is InChI=1S/C9H3F4NO/c10-5-4-3(2-15)1-14-9(4)8(13)7(12)6(5)11/h1-2,14H. The van der Waals surface area contributed by atoms with Crippen molar-refractivity contribution in [1.29, 1.82) is 0 Å². The van der Waals surface area contributed by atoms with Gasteiger partial charge in [0, 0.05) is 11.8 Å². The predicted octanol–water partition coefficient (Wildman–Crippen LogP) is 2.54. The summed E-state index contributed by atoms with van der Waals surface area (Å²) in [7, 11) is 0. The van der Waals surface area contributed by atoms with E-state index in [4.69, 9.17) is 0 Å². The molecule has 15 heavy (non-hydrogen) atoms. The zero-order chi connectivity index (χ0) is 11.2. The lowest BCUT2D eigenvalue weighted by Crippen LogP contribution is -1.97. The SMILES string of the molecule is O=Cc1c[nH]c2c(F)c(F)c(F)c(F)c12. The molecular formula is C9H3F4NO. The van der Waals surface area contributed by atoms with E-state index in [1.165, 1.54) is 0 Å². The molecule has 0 bridgehead atoms. The van der Waals surface area contributed by atoms with Crippen LogP contribution in [0.15, 0.2) is 6.20 Å². The topological polar surface area (TPSA) is 32.9 Å². The number of hydrogen-bond acceptors (Lipinski definition) is 1. The number of H-pyrrole nitrogens is 1. The Balaban J connectivity index is 3.03. The maximum absolute atomic E-state index is 13.2. The Bertz CT molecular complexity index is 561. The number of halogens is 4. The van der Waals surface area contributed by atoms with E-state index < -0.39 is 34.2 Å². The summed E-state index contributed by atoms with van der Waals surface area (Å²) in [6, 6.07) is 0. The molecule has 6 heteroatoms. The van der Waals surface area contributed by atoms with Crippen molar-refractivity contribution in [3.63, 3.8) is 0 Å². The van der Waals surface area contributed by atoms with Crippen molar-refractivity contribution in [2.24, 2.45) is 0 Å². The van der Waals surface area contributed by atoms with Crippen LogP contribution in [0.2, 0.25) is 0 Å². The second-order valence-corrected chi connectivity index (χ2v) is 2.87. The molecule has 0 saturated heterocycles. The first kappa shape index (κ1) is 9.70. The largest absolute Gasteiger partial charge is 0.358 e. The molecule has 2 aromatic rings. The summed E-state index contributed by atoms with van der Waals surface area (Å²) in [4.78, 5) is 12.6. The fourth-order valence-corrected chi connectivity index (χ4v) is 1.35. The third-order valence-corrected chi connectivity index (χ3v) is 2.05. The Kier molecular flexibility index (Phi) is 1.99. The third kappa shape index (κ3) is 1.14. The van der Waals surface area contributed by atoms with Gasteiger partial charge in [-0.25, -0.2) is 17.6 Å². The maximum atomic E-state index is 13.2. The van der Waals surface area contributed by atoms with Gasteiger partial charge < -0.3 is 4.98 Å². The average molecular weight is 217 g/mol. The van der Waals surface area contributed by atoms with Crippen LogP contribution in [0.25, 0.3) is 10.9 Å². The zero-order valence-corrected chi connectivity index (χ0v) is 7.07.